The van der Waals surface area contributed by atoms with E-state index >= 15 is 0 Å². The molecule has 2 aliphatic rings. The van der Waals surface area contributed by atoms with E-state index in [-0.39, 0.29) is 17.8 Å². The maximum Gasteiger partial charge on any atom is 0.278 e. The van der Waals surface area contributed by atoms with Crippen LogP contribution < -0.4 is 15.1 Å². The van der Waals surface area contributed by atoms with Gasteiger partial charge in [-0.25, -0.2) is 4.39 Å². The Morgan fingerprint density at radius 1 is 1.12 bits per heavy atom. The molecule has 138 valence electrons. The highest BCUT2D eigenvalue weighted by Gasteiger charge is 2.30. The summed E-state index contributed by atoms with van der Waals surface area (Å²) in [5.74, 6) is 0.00829. The highest BCUT2D eigenvalue weighted by atomic mass is 19.1. The van der Waals surface area contributed by atoms with Gasteiger partial charge in [0, 0.05) is 11.7 Å². The molecule has 0 radical (unpaired) electrons. The van der Waals surface area contributed by atoms with Gasteiger partial charge in [0.05, 0.1) is 26.2 Å². The number of nitrogens with one attached hydrogen (secondary N) is 2. The normalized spacial score (nSPS) is 21.6. The van der Waals surface area contributed by atoms with Crippen molar-refractivity contribution in [1.29, 1.82) is 0 Å². The number of carbonyl (C=O) groups excluding carboxylic acids is 1. The van der Waals surface area contributed by atoms with E-state index in [4.69, 9.17) is 0 Å². The van der Waals surface area contributed by atoms with E-state index in [0.717, 1.165) is 44.7 Å². The summed E-state index contributed by atoms with van der Waals surface area (Å²) >= 11 is 0. The SMILES string of the molecule is C[C@@H](C(=O)NC1CCCCCC1)[NH+]1CCN(c2ccc(F)cc2)CC1. The molecule has 5 heteroatoms. The second-order valence-electron chi connectivity index (χ2n) is 7.54. The molecule has 0 spiro atoms. The summed E-state index contributed by atoms with van der Waals surface area (Å²) in [6.45, 7) is 5.74. The molecule has 1 aliphatic carbocycles. The van der Waals surface area contributed by atoms with Gasteiger partial charge >= 0.3 is 0 Å². The van der Waals surface area contributed by atoms with Crippen molar-refractivity contribution in [1.82, 2.24) is 5.32 Å². The topological polar surface area (TPSA) is 36.8 Å². The molecule has 1 aromatic carbocycles. The molecule has 2 fully saturated rings. The average molecular weight is 348 g/mol. The van der Waals surface area contributed by atoms with Gasteiger partial charge in [0.25, 0.3) is 5.91 Å². The minimum atomic E-state index is -0.197. The smallest absolute Gasteiger partial charge is 0.278 e. The molecule has 1 aliphatic heterocycles. The van der Waals surface area contributed by atoms with E-state index < -0.39 is 0 Å². The number of nitrogens with zero attached hydrogens (tertiary/aromatic N) is 1. The van der Waals surface area contributed by atoms with Gasteiger partial charge in [-0.1, -0.05) is 25.7 Å². The lowest BCUT2D eigenvalue weighted by Crippen LogP contribution is -3.19. The Balaban J connectivity index is 1.48. The number of piperazine rings is 1. The Labute approximate surface area is 150 Å². The zero-order valence-corrected chi connectivity index (χ0v) is 15.3. The first kappa shape index (κ1) is 18.2. The van der Waals surface area contributed by atoms with E-state index in [0.29, 0.717) is 6.04 Å². The second kappa shape index (κ2) is 8.65. The Morgan fingerprint density at radius 3 is 2.32 bits per heavy atom. The summed E-state index contributed by atoms with van der Waals surface area (Å²) in [7, 11) is 0. The Kier molecular flexibility index (Phi) is 6.29. The van der Waals surface area contributed by atoms with E-state index in [1.54, 1.807) is 0 Å². The number of anilines is 1. The maximum absolute atomic E-state index is 13.1. The first-order valence-corrected chi connectivity index (χ1v) is 9.79. The molecular formula is C20H31FN3O+. The molecule has 1 amide bonds. The predicted molar refractivity (Wildman–Crippen MR) is 98.4 cm³/mol. The summed E-state index contributed by atoms with van der Waals surface area (Å²) in [4.78, 5) is 16.3. The van der Waals surface area contributed by atoms with Crippen molar-refractivity contribution in [2.24, 2.45) is 0 Å². The predicted octanol–water partition coefficient (Wildman–Crippen LogP) is 1.76. The van der Waals surface area contributed by atoms with Crippen LogP contribution in [0, 0.1) is 5.82 Å². The number of carbonyl (C=O) groups is 1. The van der Waals surface area contributed by atoms with Gasteiger partial charge in [-0.05, 0) is 44.0 Å². The Bertz CT molecular complexity index is 547. The molecule has 1 aromatic rings. The first-order chi connectivity index (χ1) is 12.1. The first-order valence-electron chi connectivity index (χ1n) is 9.79. The Morgan fingerprint density at radius 2 is 1.72 bits per heavy atom. The van der Waals surface area contributed by atoms with E-state index in [1.165, 1.54) is 42.7 Å². The number of rotatable bonds is 4. The standard InChI is InChI=1S/C20H30FN3O/c1-16(20(25)22-18-6-4-2-3-5-7-18)23-12-14-24(15-13-23)19-10-8-17(21)9-11-19/h8-11,16,18H,2-7,12-15H2,1H3,(H,22,25)/p+1/t16-/m0/s1. The molecule has 0 aromatic heterocycles. The van der Waals surface area contributed by atoms with Crippen LogP contribution in [0.3, 0.4) is 0 Å². The quantitative estimate of drug-likeness (QED) is 0.814. The fraction of sp³-hybridized carbons (Fsp3) is 0.650. The minimum absolute atomic E-state index is 0.00128. The molecule has 1 heterocycles. The maximum atomic E-state index is 13.1. The summed E-state index contributed by atoms with van der Waals surface area (Å²) in [6, 6.07) is 7.07. The van der Waals surface area contributed by atoms with Gasteiger partial charge in [0.2, 0.25) is 0 Å². The zero-order valence-electron chi connectivity index (χ0n) is 15.3. The molecular weight excluding hydrogens is 317 g/mol. The lowest BCUT2D eigenvalue weighted by atomic mass is 10.1. The average Bonchev–Trinajstić information content (AvgIpc) is 2.90. The highest BCUT2D eigenvalue weighted by molar-refractivity contribution is 5.80. The van der Waals surface area contributed by atoms with E-state index in [1.807, 2.05) is 12.1 Å². The summed E-state index contributed by atoms with van der Waals surface area (Å²) in [5.41, 5.74) is 1.07. The molecule has 4 nitrogen and oxygen atoms in total. The van der Waals surface area contributed by atoms with Crippen LogP contribution in [0.2, 0.25) is 0 Å². The van der Waals surface area contributed by atoms with Gasteiger partial charge in [0.15, 0.2) is 6.04 Å². The van der Waals surface area contributed by atoms with E-state index in [9.17, 15) is 9.18 Å². The zero-order chi connectivity index (χ0) is 17.6. The molecule has 0 unspecified atom stereocenters. The largest absolute Gasteiger partial charge is 0.360 e. The van der Waals surface area contributed by atoms with Crippen molar-refractivity contribution in [2.45, 2.75) is 57.5 Å². The molecule has 1 saturated heterocycles. The van der Waals surface area contributed by atoms with Crippen molar-refractivity contribution in [3.05, 3.63) is 30.1 Å². The van der Waals surface area contributed by atoms with Crippen molar-refractivity contribution in [3.63, 3.8) is 0 Å². The fourth-order valence-electron chi connectivity index (χ4n) is 4.07. The minimum Gasteiger partial charge on any atom is -0.360 e. The third-order valence-electron chi connectivity index (χ3n) is 5.80. The van der Waals surface area contributed by atoms with Crippen LogP contribution in [0.1, 0.15) is 45.4 Å². The van der Waals surface area contributed by atoms with Gasteiger partial charge in [-0.2, -0.15) is 0 Å². The number of quaternary nitrogens is 1. The fourth-order valence-corrected chi connectivity index (χ4v) is 4.07. The van der Waals surface area contributed by atoms with Crippen molar-refractivity contribution in [2.75, 3.05) is 31.1 Å². The molecule has 0 bridgehead atoms. The third kappa shape index (κ3) is 4.94. The monoisotopic (exact) mass is 348 g/mol. The highest BCUT2D eigenvalue weighted by Crippen LogP contribution is 2.17. The van der Waals surface area contributed by atoms with Gasteiger partial charge in [-0.15, -0.1) is 0 Å². The molecule has 3 rings (SSSR count). The summed E-state index contributed by atoms with van der Waals surface area (Å²) < 4.78 is 13.1. The number of amides is 1. The summed E-state index contributed by atoms with van der Waals surface area (Å²) in [6.07, 6.45) is 7.35. The van der Waals surface area contributed by atoms with Gasteiger partial charge in [0.1, 0.15) is 5.82 Å². The lowest BCUT2D eigenvalue weighted by molar-refractivity contribution is -0.914. The molecule has 25 heavy (non-hydrogen) atoms. The van der Waals surface area contributed by atoms with Gasteiger partial charge in [-0.3, -0.25) is 4.79 Å². The van der Waals surface area contributed by atoms with Crippen LogP contribution >= 0.6 is 0 Å². The van der Waals surface area contributed by atoms with Crippen LogP contribution in [0.5, 0.6) is 0 Å². The van der Waals surface area contributed by atoms with Crippen LogP contribution in [-0.2, 0) is 4.79 Å². The summed E-state index contributed by atoms with van der Waals surface area (Å²) in [5, 5.41) is 3.29. The van der Waals surface area contributed by atoms with E-state index in [2.05, 4.69) is 17.1 Å². The number of halogens is 1. The van der Waals surface area contributed by atoms with Crippen molar-refractivity contribution >= 4 is 11.6 Å². The number of benzene rings is 1. The number of hydrogen-bond acceptors (Lipinski definition) is 2. The van der Waals surface area contributed by atoms with Crippen molar-refractivity contribution in [3.8, 4) is 0 Å². The molecule has 2 N–H and O–H groups in total. The third-order valence-corrected chi connectivity index (χ3v) is 5.80. The van der Waals surface area contributed by atoms with Gasteiger partial charge < -0.3 is 15.1 Å². The second-order valence-corrected chi connectivity index (χ2v) is 7.54. The lowest BCUT2D eigenvalue weighted by Gasteiger charge is -2.36. The van der Waals surface area contributed by atoms with Crippen LogP contribution in [0.25, 0.3) is 0 Å². The van der Waals surface area contributed by atoms with Crippen molar-refractivity contribution < 1.29 is 14.1 Å². The Hall–Kier alpha value is -1.62. The molecule has 1 atom stereocenters. The van der Waals surface area contributed by atoms with Crippen LogP contribution in [0.4, 0.5) is 10.1 Å². The molecule has 1 saturated carbocycles. The van der Waals surface area contributed by atoms with Crippen LogP contribution in [-0.4, -0.2) is 44.2 Å². The van der Waals surface area contributed by atoms with Crippen LogP contribution in [0.15, 0.2) is 24.3 Å². The number of hydrogen-bond donors (Lipinski definition) is 2.